The maximum absolute atomic E-state index is 12.6. The summed E-state index contributed by atoms with van der Waals surface area (Å²) in [6, 6.07) is 3.83. The van der Waals surface area contributed by atoms with E-state index in [0.29, 0.717) is 13.1 Å². The van der Waals surface area contributed by atoms with Gasteiger partial charge >= 0.3 is 6.18 Å². The van der Waals surface area contributed by atoms with Gasteiger partial charge in [0, 0.05) is 30.9 Å². The van der Waals surface area contributed by atoms with Crippen LogP contribution < -0.4 is 10.6 Å². The molecule has 0 radical (unpaired) electrons. The molecule has 21 heavy (non-hydrogen) atoms. The van der Waals surface area contributed by atoms with Crippen molar-refractivity contribution in [3.63, 3.8) is 0 Å². The largest absolute Gasteiger partial charge is 0.412 e. The number of nitrogens with zero attached hydrogens (tertiary/aromatic N) is 2. The van der Waals surface area contributed by atoms with E-state index in [1.54, 1.807) is 0 Å². The molecule has 1 aromatic heterocycles. The van der Waals surface area contributed by atoms with E-state index in [9.17, 15) is 13.2 Å². The summed E-state index contributed by atoms with van der Waals surface area (Å²) in [5.41, 5.74) is 7.16. The maximum Gasteiger partial charge on any atom is 0.412 e. The first-order chi connectivity index (χ1) is 9.94. The lowest BCUT2D eigenvalue weighted by Gasteiger charge is -2.28. The van der Waals surface area contributed by atoms with Gasteiger partial charge in [0.05, 0.1) is 0 Å². The van der Waals surface area contributed by atoms with E-state index in [2.05, 4.69) is 11.9 Å². The molecule has 3 nitrogen and oxygen atoms in total. The van der Waals surface area contributed by atoms with Crippen molar-refractivity contribution < 1.29 is 13.2 Å². The first-order valence-corrected chi connectivity index (χ1v) is 7.15. The van der Waals surface area contributed by atoms with Gasteiger partial charge in [-0.2, -0.15) is 13.2 Å². The van der Waals surface area contributed by atoms with Gasteiger partial charge in [-0.05, 0) is 30.5 Å². The smallest absolute Gasteiger partial charge is 0.353 e. The summed E-state index contributed by atoms with van der Waals surface area (Å²) in [7, 11) is 0. The van der Waals surface area contributed by atoms with Gasteiger partial charge in [-0.15, -0.1) is 0 Å². The second-order valence-corrected chi connectivity index (χ2v) is 5.20. The molecule has 0 saturated carbocycles. The van der Waals surface area contributed by atoms with E-state index in [1.165, 1.54) is 6.08 Å². The first kappa shape index (κ1) is 15.8. The Balaban J connectivity index is 2.19. The van der Waals surface area contributed by atoms with Crippen molar-refractivity contribution in [2.24, 2.45) is 5.73 Å². The number of hydrogen-bond acceptors (Lipinski definition) is 3. The fraction of sp³-hybridized carbons (Fsp3) is 0.533. The molecule has 0 spiro atoms. The van der Waals surface area contributed by atoms with E-state index in [0.717, 1.165) is 29.9 Å². The Hall–Kier alpha value is -1.56. The predicted molar refractivity (Wildman–Crippen MR) is 77.1 cm³/mol. The topological polar surface area (TPSA) is 42.1 Å². The van der Waals surface area contributed by atoms with Gasteiger partial charge in [0.25, 0.3) is 0 Å². The number of alkyl halides is 3. The van der Waals surface area contributed by atoms with Crippen LogP contribution in [0.2, 0.25) is 0 Å². The second kappa shape index (κ2) is 6.47. The van der Waals surface area contributed by atoms with E-state index in [-0.39, 0.29) is 13.0 Å². The minimum absolute atomic E-state index is 0.00113. The third-order valence-corrected chi connectivity index (χ3v) is 3.56. The fourth-order valence-electron chi connectivity index (χ4n) is 2.43. The molecule has 6 heteroatoms. The molecule has 116 valence electrons. The molecule has 0 bridgehead atoms. The van der Waals surface area contributed by atoms with E-state index in [4.69, 9.17) is 5.73 Å². The molecule has 0 fully saturated rings. The summed E-state index contributed by atoms with van der Waals surface area (Å²) in [5.74, 6) is 0.721. The summed E-state index contributed by atoms with van der Waals surface area (Å²) >= 11 is 0. The van der Waals surface area contributed by atoms with Gasteiger partial charge in [0.1, 0.15) is 5.82 Å². The van der Waals surface area contributed by atoms with Crippen LogP contribution in [0.4, 0.5) is 19.0 Å². The molecule has 1 aromatic rings. The summed E-state index contributed by atoms with van der Waals surface area (Å²) in [4.78, 5) is 6.41. The minimum atomic E-state index is -4.22. The van der Waals surface area contributed by atoms with Crippen LogP contribution in [0.1, 0.15) is 31.0 Å². The predicted octanol–water partition coefficient (Wildman–Crippen LogP) is 3.19. The fourth-order valence-corrected chi connectivity index (χ4v) is 2.43. The highest BCUT2D eigenvalue weighted by atomic mass is 19.4. The molecule has 2 N–H and O–H groups in total. The molecule has 2 rings (SSSR count). The molecular weight excluding hydrogens is 279 g/mol. The molecule has 0 amide bonds. The lowest BCUT2D eigenvalue weighted by atomic mass is 10.1. The zero-order valence-corrected chi connectivity index (χ0v) is 12.1. The van der Waals surface area contributed by atoms with Gasteiger partial charge in [-0.1, -0.05) is 19.4 Å². The first-order valence-electron chi connectivity index (χ1n) is 7.15. The molecule has 1 aliphatic heterocycles. The van der Waals surface area contributed by atoms with Crippen LogP contribution in [0.15, 0.2) is 23.8 Å². The summed E-state index contributed by atoms with van der Waals surface area (Å²) in [6.45, 7) is 3.04. The molecule has 0 aliphatic carbocycles. The van der Waals surface area contributed by atoms with Crippen LogP contribution in [-0.4, -0.2) is 24.2 Å². The third-order valence-electron chi connectivity index (χ3n) is 3.56. The highest BCUT2D eigenvalue weighted by Gasteiger charge is 2.34. The number of rotatable bonds is 4. The van der Waals surface area contributed by atoms with Crippen LogP contribution in [0.3, 0.4) is 0 Å². The highest BCUT2D eigenvalue weighted by Crippen LogP contribution is 2.31. The van der Waals surface area contributed by atoms with Crippen LogP contribution in [-0.2, 0) is 13.0 Å². The Bertz CT molecular complexity index is 523. The lowest BCUT2D eigenvalue weighted by Crippen LogP contribution is -2.32. The maximum atomic E-state index is 12.6. The van der Waals surface area contributed by atoms with E-state index >= 15 is 0 Å². The molecular formula is C15H20F3N3. The second-order valence-electron chi connectivity index (χ2n) is 5.20. The number of nitrogens with two attached hydrogens (primary N) is 1. The Morgan fingerprint density at radius 2 is 2.10 bits per heavy atom. The van der Waals surface area contributed by atoms with Gasteiger partial charge < -0.3 is 10.6 Å². The van der Waals surface area contributed by atoms with Gasteiger partial charge in [-0.25, -0.2) is 4.98 Å². The van der Waals surface area contributed by atoms with Crippen LogP contribution in [0.5, 0.6) is 0 Å². The molecule has 1 aliphatic rings. The summed E-state index contributed by atoms with van der Waals surface area (Å²) < 4.78 is 37.9. The van der Waals surface area contributed by atoms with Crippen molar-refractivity contribution >= 4 is 5.82 Å². The van der Waals surface area contributed by atoms with Crippen LogP contribution >= 0.6 is 0 Å². The lowest BCUT2D eigenvalue weighted by molar-refractivity contribution is -0.0944. The highest BCUT2D eigenvalue weighted by molar-refractivity contribution is 5.45. The normalized spacial score (nSPS) is 16.0. The third kappa shape index (κ3) is 3.97. The van der Waals surface area contributed by atoms with Gasteiger partial charge in [0.2, 0.25) is 0 Å². The number of aromatic nitrogens is 1. The van der Waals surface area contributed by atoms with Crippen LogP contribution in [0.25, 0.3) is 0 Å². The van der Waals surface area contributed by atoms with Crippen molar-refractivity contribution in [1.82, 2.24) is 4.98 Å². The zero-order valence-electron chi connectivity index (χ0n) is 12.1. The standard InChI is InChI=1S/C15H20F3N3/c1-2-3-13-8-11(10-19)9-14(20-13)21-6-4-12(5-7-21)15(16,17)18/h4,8-9H,2-3,5-7,10,19H2,1H3. The van der Waals surface area contributed by atoms with Crippen molar-refractivity contribution in [3.8, 4) is 0 Å². The van der Waals surface area contributed by atoms with Crippen molar-refractivity contribution in [2.75, 3.05) is 18.0 Å². The Kier molecular flexibility index (Phi) is 4.88. The minimum Gasteiger partial charge on any atom is -0.353 e. The SMILES string of the molecule is CCCc1cc(CN)cc(N2CC=C(C(F)(F)F)CC2)n1. The molecule has 2 heterocycles. The zero-order chi connectivity index (χ0) is 15.5. The number of anilines is 1. The number of pyridine rings is 1. The van der Waals surface area contributed by atoms with Crippen molar-refractivity contribution in [1.29, 1.82) is 0 Å². The number of halogens is 3. The molecule has 0 unspecified atom stereocenters. The number of hydrogen-bond donors (Lipinski definition) is 1. The monoisotopic (exact) mass is 299 g/mol. The quantitative estimate of drug-likeness (QED) is 0.868. The van der Waals surface area contributed by atoms with Gasteiger partial charge in [-0.3, -0.25) is 0 Å². The molecule has 0 saturated heterocycles. The Morgan fingerprint density at radius 1 is 1.33 bits per heavy atom. The van der Waals surface area contributed by atoms with E-state index < -0.39 is 11.7 Å². The van der Waals surface area contributed by atoms with Crippen molar-refractivity contribution in [3.05, 3.63) is 35.0 Å². The molecule has 0 aromatic carbocycles. The van der Waals surface area contributed by atoms with Gasteiger partial charge in [0.15, 0.2) is 0 Å². The number of aryl methyl sites for hydroxylation is 1. The average Bonchev–Trinajstić information content (AvgIpc) is 2.46. The van der Waals surface area contributed by atoms with Crippen molar-refractivity contribution in [2.45, 2.75) is 38.9 Å². The summed E-state index contributed by atoms with van der Waals surface area (Å²) in [5, 5.41) is 0. The Morgan fingerprint density at radius 3 is 2.62 bits per heavy atom. The Labute approximate surface area is 122 Å². The molecule has 0 atom stereocenters. The summed E-state index contributed by atoms with van der Waals surface area (Å²) in [6.07, 6.45) is -1.15. The average molecular weight is 299 g/mol. The van der Waals surface area contributed by atoms with E-state index in [1.807, 2.05) is 17.0 Å². The van der Waals surface area contributed by atoms with Crippen LogP contribution in [0, 0.1) is 0 Å².